The third-order valence-electron chi connectivity index (χ3n) is 8.80. The summed E-state index contributed by atoms with van der Waals surface area (Å²) >= 11 is 0. The number of hydrogen-bond donors (Lipinski definition) is 3. The Morgan fingerprint density at radius 2 is 1.71 bits per heavy atom. The molecule has 0 aromatic heterocycles. The van der Waals surface area contributed by atoms with E-state index in [0.29, 0.717) is 16.9 Å². The van der Waals surface area contributed by atoms with E-state index in [1.165, 1.54) is 41.7 Å². The number of halogens is 2. The predicted molar refractivity (Wildman–Crippen MR) is 165 cm³/mol. The first-order valence-electron chi connectivity index (χ1n) is 14.3. The monoisotopic (exact) mass is 662 g/mol. The Morgan fingerprint density at radius 1 is 1.00 bits per heavy atom. The number of nitrogens with one attached hydrogen (secondary N) is 1. The zero-order valence-corrected chi connectivity index (χ0v) is 25.8. The number of carbonyl (C=O) groups excluding carboxylic acids is 2. The van der Waals surface area contributed by atoms with Crippen LogP contribution in [0.2, 0.25) is 0 Å². The second-order valence-electron chi connectivity index (χ2n) is 11.6. The smallest absolute Gasteiger partial charge is 0.387 e. The Kier molecular flexibility index (Phi) is 8.04. The number of carbonyl (C=O) groups is 2. The molecule has 1 spiro atoms. The van der Waals surface area contributed by atoms with Crippen LogP contribution in [0.1, 0.15) is 52.0 Å². The highest BCUT2D eigenvalue weighted by Gasteiger charge is 2.60. The summed E-state index contributed by atoms with van der Waals surface area (Å²) < 4.78 is 86.3. The van der Waals surface area contributed by atoms with Gasteiger partial charge in [0.15, 0.2) is 0 Å². The van der Waals surface area contributed by atoms with Crippen LogP contribution in [-0.2, 0) is 20.2 Å². The van der Waals surface area contributed by atoms with Crippen molar-refractivity contribution in [2.45, 2.75) is 48.6 Å². The van der Waals surface area contributed by atoms with Crippen LogP contribution in [0.4, 0.5) is 20.2 Å². The molecule has 1 saturated carbocycles. The maximum absolute atomic E-state index is 14.4. The lowest BCUT2D eigenvalue weighted by Crippen LogP contribution is -2.51. The Morgan fingerprint density at radius 3 is 2.38 bits per heavy atom. The molecular formula is C31H32F2N2O8S2. The fraction of sp³-hybridized carbons (Fsp3) is 0.355. The first-order valence-corrected chi connectivity index (χ1v) is 17.6. The molecule has 3 aromatic carbocycles. The van der Waals surface area contributed by atoms with Crippen molar-refractivity contribution in [1.29, 1.82) is 0 Å². The van der Waals surface area contributed by atoms with Gasteiger partial charge in [0.25, 0.3) is 15.9 Å². The first kappa shape index (κ1) is 31.3. The van der Waals surface area contributed by atoms with Gasteiger partial charge < -0.3 is 14.8 Å². The largest absolute Gasteiger partial charge is 0.465 e. The number of benzene rings is 3. The van der Waals surface area contributed by atoms with Gasteiger partial charge in [-0.1, -0.05) is 12.1 Å². The summed E-state index contributed by atoms with van der Waals surface area (Å²) in [6.07, 6.45) is 2.11. The molecule has 2 heterocycles. The Hall–Kier alpha value is -3.72. The zero-order valence-electron chi connectivity index (χ0n) is 24.2. The maximum atomic E-state index is 14.4. The zero-order chi connectivity index (χ0) is 32.1. The summed E-state index contributed by atoms with van der Waals surface area (Å²) in [5.41, 5.74) is 0.999. The number of alkyl halides is 2. The Labute approximate surface area is 260 Å². The molecule has 14 heteroatoms. The van der Waals surface area contributed by atoms with Crippen LogP contribution in [0.15, 0.2) is 71.6 Å². The highest BCUT2D eigenvalue weighted by Crippen LogP contribution is 2.63. The van der Waals surface area contributed by atoms with Gasteiger partial charge in [0.2, 0.25) is 0 Å². The average molecular weight is 663 g/mol. The molecule has 1 aliphatic carbocycles. The predicted octanol–water partition coefficient (Wildman–Crippen LogP) is 6.10. The van der Waals surface area contributed by atoms with Crippen LogP contribution < -0.4 is 14.4 Å². The second-order valence-corrected chi connectivity index (χ2v) is 15.8. The van der Waals surface area contributed by atoms with E-state index in [2.05, 4.69) is 10.1 Å². The number of nitrogens with zero attached hydrogens (tertiary/aromatic N) is 1. The highest BCUT2D eigenvalue weighted by atomic mass is 32.3. The molecule has 1 amide bonds. The summed E-state index contributed by atoms with van der Waals surface area (Å²) in [4.78, 5) is 25.2. The number of methoxy groups -OCH3 is 1. The fourth-order valence-corrected chi connectivity index (χ4v) is 10.0. The van der Waals surface area contributed by atoms with Crippen molar-refractivity contribution in [3.8, 4) is 5.75 Å². The summed E-state index contributed by atoms with van der Waals surface area (Å²) in [6, 6.07) is 15.4. The van der Waals surface area contributed by atoms with Crippen LogP contribution in [0.25, 0.3) is 0 Å². The fourth-order valence-electron chi connectivity index (χ4n) is 6.59. The molecule has 0 bridgehead atoms. The number of esters is 1. The molecule has 240 valence electrons. The van der Waals surface area contributed by atoms with Gasteiger partial charge in [-0.05, 0) is 85.7 Å². The molecule has 2 aliphatic heterocycles. The normalized spacial score (nSPS) is 20.8. The van der Waals surface area contributed by atoms with Crippen molar-refractivity contribution in [2.75, 3.05) is 28.2 Å². The van der Waals surface area contributed by atoms with E-state index in [1.54, 1.807) is 30.3 Å². The number of rotatable bonds is 8. The lowest BCUT2D eigenvalue weighted by Gasteiger charge is -2.48. The van der Waals surface area contributed by atoms with Crippen molar-refractivity contribution in [3.63, 3.8) is 0 Å². The lowest BCUT2D eigenvalue weighted by atomic mass is 9.70. The molecule has 3 aromatic rings. The van der Waals surface area contributed by atoms with Gasteiger partial charge >= 0.3 is 12.6 Å². The third-order valence-corrected chi connectivity index (χ3v) is 12.3. The molecule has 2 fully saturated rings. The molecule has 45 heavy (non-hydrogen) atoms. The summed E-state index contributed by atoms with van der Waals surface area (Å²) in [5.74, 6) is -1.21. The van der Waals surface area contributed by atoms with Gasteiger partial charge in [0.1, 0.15) is 5.75 Å². The molecule has 1 atom stereocenters. The number of amides is 1. The summed E-state index contributed by atoms with van der Waals surface area (Å²) in [5, 5.41) is 2.78. The molecule has 3 N–H and O–H groups in total. The number of sulfonamides is 1. The number of ether oxygens (including phenoxy) is 2. The van der Waals surface area contributed by atoms with E-state index in [0.717, 1.165) is 18.9 Å². The van der Waals surface area contributed by atoms with E-state index in [9.17, 15) is 35.9 Å². The van der Waals surface area contributed by atoms with Crippen LogP contribution in [0.3, 0.4) is 0 Å². The van der Waals surface area contributed by atoms with E-state index in [-0.39, 0.29) is 52.0 Å². The van der Waals surface area contributed by atoms with Crippen LogP contribution in [-0.4, -0.2) is 60.7 Å². The molecule has 10 nitrogen and oxygen atoms in total. The van der Waals surface area contributed by atoms with E-state index in [4.69, 9.17) is 4.74 Å². The minimum Gasteiger partial charge on any atom is -0.465 e. The number of hydrogen-bond acceptors (Lipinski definition) is 8. The minimum absolute atomic E-state index is 0.0223. The van der Waals surface area contributed by atoms with E-state index >= 15 is 0 Å². The van der Waals surface area contributed by atoms with Crippen LogP contribution >= 0.6 is 10.6 Å². The maximum Gasteiger partial charge on any atom is 0.387 e. The van der Waals surface area contributed by atoms with Gasteiger partial charge in [-0.15, -0.1) is 0 Å². The lowest BCUT2D eigenvalue weighted by molar-refractivity contribution is -0.0500. The Bertz CT molecular complexity index is 1750. The molecule has 0 radical (unpaired) electrons. The summed E-state index contributed by atoms with van der Waals surface area (Å²) in [6.45, 7) is -3.13. The second kappa shape index (κ2) is 11.6. The third kappa shape index (κ3) is 5.87. The highest BCUT2D eigenvalue weighted by molar-refractivity contribution is 8.24. The van der Waals surface area contributed by atoms with Crippen molar-refractivity contribution in [2.24, 2.45) is 5.92 Å². The first-order chi connectivity index (χ1) is 21.3. The molecular weight excluding hydrogens is 630 g/mol. The topological polar surface area (TPSA) is 142 Å². The van der Waals surface area contributed by atoms with Crippen molar-refractivity contribution < 1.29 is 45.4 Å². The van der Waals surface area contributed by atoms with Crippen LogP contribution in [0.5, 0.6) is 5.75 Å². The number of anilines is 2. The Balaban J connectivity index is 1.43. The molecule has 3 aliphatic rings. The van der Waals surface area contributed by atoms with E-state index in [1.807, 2.05) is 0 Å². The molecule has 1 saturated heterocycles. The SMILES string of the molecule is COC(=O)c1cccc(NC(=O)c2ccc3c(c2)C2(CCS(O)(O)CC2)C(C2CC2)N3S(=O)(=O)c2cccc(OC(F)F)c2)c1. The van der Waals surface area contributed by atoms with Gasteiger partial charge in [0, 0.05) is 34.2 Å². The average Bonchev–Trinajstić information content (AvgIpc) is 3.81. The summed E-state index contributed by atoms with van der Waals surface area (Å²) in [7, 11) is -5.92. The standard InChI is InChI=1S/C31H32F2N2O8S2/c1-42-29(37)21-4-2-5-22(16-21)34-28(36)20-10-11-26-25(17-20)31(12-14-44(38,39)15-13-31)27(19-8-9-19)35(26)45(40,41)24-7-3-6-23(18-24)43-30(32)33/h2-7,10-11,16-19,27,30,38-39H,8-9,12-15H2,1H3,(H,34,36). The minimum atomic E-state index is -4.32. The number of fused-ring (bicyclic) bond motifs is 2. The van der Waals surface area contributed by atoms with Crippen molar-refractivity contribution in [3.05, 3.63) is 83.4 Å². The van der Waals surface area contributed by atoms with Gasteiger partial charge in [-0.2, -0.15) is 19.4 Å². The molecule has 6 rings (SSSR count). The van der Waals surface area contributed by atoms with Gasteiger partial charge in [-0.3, -0.25) is 18.2 Å². The van der Waals surface area contributed by atoms with Crippen molar-refractivity contribution in [1.82, 2.24) is 0 Å². The van der Waals surface area contributed by atoms with Crippen molar-refractivity contribution >= 4 is 43.9 Å². The van der Waals surface area contributed by atoms with Crippen LogP contribution in [0, 0.1) is 5.92 Å². The van der Waals surface area contributed by atoms with Gasteiger partial charge in [0.05, 0.1) is 29.3 Å². The molecule has 1 unspecified atom stereocenters. The quantitative estimate of drug-likeness (QED) is 0.246. The van der Waals surface area contributed by atoms with E-state index < -0.39 is 50.6 Å². The van der Waals surface area contributed by atoms with Gasteiger partial charge in [-0.25, -0.2) is 13.2 Å².